The number of aromatic nitrogens is 2. The van der Waals surface area contributed by atoms with Crippen molar-refractivity contribution in [2.75, 3.05) is 25.1 Å². The van der Waals surface area contributed by atoms with Crippen molar-refractivity contribution in [1.82, 2.24) is 15.1 Å². The van der Waals surface area contributed by atoms with Crippen molar-refractivity contribution in [2.24, 2.45) is 7.05 Å². The molecule has 1 fully saturated rings. The summed E-state index contributed by atoms with van der Waals surface area (Å²) in [5.74, 6) is 0. The Morgan fingerprint density at radius 2 is 2.33 bits per heavy atom. The third kappa shape index (κ3) is 3.03. The lowest BCUT2D eigenvalue weighted by Gasteiger charge is -2.27. The van der Waals surface area contributed by atoms with Crippen molar-refractivity contribution < 1.29 is 4.74 Å². The van der Waals surface area contributed by atoms with Crippen molar-refractivity contribution in [2.45, 2.75) is 39.3 Å². The summed E-state index contributed by atoms with van der Waals surface area (Å²) in [4.78, 5) is 0. The van der Waals surface area contributed by atoms with Gasteiger partial charge in [0.25, 0.3) is 0 Å². The van der Waals surface area contributed by atoms with Crippen LogP contribution in [0.4, 0.5) is 5.69 Å². The molecular weight excluding hydrogens is 228 g/mol. The Labute approximate surface area is 109 Å². The average Bonchev–Trinajstić information content (AvgIpc) is 2.57. The fraction of sp³-hybridized carbons (Fsp3) is 0.769. The Balaban J connectivity index is 1.91. The Hall–Kier alpha value is -1.07. The van der Waals surface area contributed by atoms with Gasteiger partial charge in [-0.1, -0.05) is 0 Å². The van der Waals surface area contributed by atoms with Crippen LogP contribution in [-0.4, -0.2) is 41.6 Å². The number of nitrogens with zero attached hydrogens (tertiary/aromatic N) is 2. The van der Waals surface area contributed by atoms with E-state index in [0.717, 1.165) is 31.9 Å². The maximum atomic E-state index is 5.48. The summed E-state index contributed by atoms with van der Waals surface area (Å²) in [6.07, 6.45) is 1.06. The SMILES string of the molecule is Cc1nn(C)c(C)c1NC(C)CC1COCCN1. The van der Waals surface area contributed by atoms with E-state index in [1.807, 2.05) is 18.7 Å². The van der Waals surface area contributed by atoms with Gasteiger partial charge in [-0.05, 0) is 27.2 Å². The summed E-state index contributed by atoms with van der Waals surface area (Å²) < 4.78 is 7.40. The Bertz CT molecular complexity index is 396. The van der Waals surface area contributed by atoms with Crippen LogP contribution in [0.3, 0.4) is 0 Å². The van der Waals surface area contributed by atoms with Crippen LogP contribution < -0.4 is 10.6 Å². The van der Waals surface area contributed by atoms with Gasteiger partial charge in [0.2, 0.25) is 0 Å². The van der Waals surface area contributed by atoms with Crippen LogP contribution in [0.5, 0.6) is 0 Å². The quantitative estimate of drug-likeness (QED) is 0.846. The molecule has 2 rings (SSSR count). The molecule has 5 heteroatoms. The number of morpholine rings is 1. The lowest BCUT2D eigenvalue weighted by molar-refractivity contribution is 0.0731. The summed E-state index contributed by atoms with van der Waals surface area (Å²) in [5.41, 5.74) is 3.42. The predicted molar refractivity (Wildman–Crippen MR) is 73.0 cm³/mol. The topological polar surface area (TPSA) is 51.1 Å². The summed E-state index contributed by atoms with van der Waals surface area (Å²) >= 11 is 0. The number of rotatable bonds is 4. The van der Waals surface area contributed by atoms with Crippen molar-refractivity contribution in [3.63, 3.8) is 0 Å². The average molecular weight is 252 g/mol. The van der Waals surface area contributed by atoms with Crippen LogP contribution in [0.2, 0.25) is 0 Å². The molecule has 1 aromatic rings. The molecule has 102 valence electrons. The molecule has 2 N–H and O–H groups in total. The molecule has 5 nitrogen and oxygen atoms in total. The minimum absolute atomic E-state index is 0.408. The molecule has 0 aliphatic carbocycles. The van der Waals surface area contributed by atoms with Crippen LogP contribution in [0.15, 0.2) is 0 Å². The van der Waals surface area contributed by atoms with Crippen LogP contribution in [-0.2, 0) is 11.8 Å². The molecule has 0 radical (unpaired) electrons. The van der Waals surface area contributed by atoms with Gasteiger partial charge in [0.05, 0.1) is 30.3 Å². The van der Waals surface area contributed by atoms with E-state index in [1.54, 1.807) is 0 Å². The van der Waals surface area contributed by atoms with Gasteiger partial charge < -0.3 is 15.4 Å². The van der Waals surface area contributed by atoms with Gasteiger partial charge >= 0.3 is 0 Å². The third-order valence-corrected chi connectivity index (χ3v) is 3.54. The second-order valence-electron chi connectivity index (χ2n) is 5.18. The molecular formula is C13H24N4O. The molecule has 0 aromatic carbocycles. The van der Waals surface area contributed by atoms with Crippen molar-refractivity contribution >= 4 is 5.69 Å². The standard InChI is InChI=1S/C13H24N4O/c1-9(7-12-8-18-6-5-14-12)15-13-10(2)16-17(4)11(13)3/h9,12,14-15H,5-8H2,1-4H3. The molecule has 2 heterocycles. The van der Waals surface area contributed by atoms with Crippen molar-refractivity contribution in [1.29, 1.82) is 0 Å². The highest BCUT2D eigenvalue weighted by atomic mass is 16.5. The van der Waals surface area contributed by atoms with E-state index in [2.05, 4.69) is 29.6 Å². The Morgan fingerprint density at radius 3 is 2.89 bits per heavy atom. The molecule has 1 aliphatic heterocycles. The van der Waals surface area contributed by atoms with Crippen molar-refractivity contribution in [3.8, 4) is 0 Å². The minimum Gasteiger partial charge on any atom is -0.380 e. The van der Waals surface area contributed by atoms with Crippen LogP contribution in [0.25, 0.3) is 0 Å². The van der Waals surface area contributed by atoms with E-state index in [9.17, 15) is 0 Å². The monoisotopic (exact) mass is 252 g/mol. The highest BCUT2D eigenvalue weighted by Crippen LogP contribution is 2.20. The van der Waals surface area contributed by atoms with E-state index in [1.165, 1.54) is 11.4 Å². The summed E-state index contributed by atoms with van der Waals surface area (Å²) in [6.45, 7) is 8.96. The number of nitrogens with one attached hydrogen (secondary N) is 2. The summed E-state index contributed by atoms with van der Waals surface area (Å²) in [6, 6.07) is 0.865. The second-order valence-corrected chi connectivity index (χ2v) is 5.18. The number of aryl methyl sites for hydroxylation is 2. The molecule has 18 heavy (non-hydrogen) atoms. The Kier molecular flexibility index (Phi) is 4.24. The number of ether oxygens (including phenoxy) is 1. The second kappa shape index (κ2) is 5.71. The van der Waals surface area contributed by atoms with Crippen LogP contribution >= 0.6 is 0 Å². The van der Waals surface area contributed by atoms with E-state index in [0.29, 0.717) is 12.1 Å². The largest absolute Gasteiger partial charge is 0.380 e. The van der Waals surface area contributed by atoms with Gasteiger partial charge in [-0.2, -0.15) is 5.10 Å². The zero-order valence-corrected chi connectivity index (χ0v) is 11.8. The fourth-order valence-corrected chi connectivity index (χ4v) is 2.49. The first-order valence-electron chi connectivity index (χ1n) is 6.65. The van der Waals surface area contributed by atoms with E-state index >= 15 is 0 Å². The summed E-state index contributed by atoms with van der Waals surface area (Å²) in [5, 5.41) is 11.5. The maximum Gasteiger partial charge on any atom is 0.0827 e. The van der Waals surface area contributed by atoms with Gasteiger partial charge in [0, 0.05) is 25.7 Å². The normalized spacial score (nSPS) is 21.9. The van der Waals surface area contributed by atoms with E-state index in [-0.39, 0.29) is 0 Å². The smallest absolute Gasteiger partial charge is 0.0827 e. The van der Waals surface area contributed by atoms with Gasteiger partial charge in [0.1, 0.15) is 0 Å². The highest BCUT2D eigenvalue weighted by Gasteiger charge is 2.18. The van der Waals surface area contributed by atoms with Gasteiger partial charge in [-0.25, -0.2) is 0 Å². The van der Waals surface area contributed by atoms with Crippen molar-refractivity contribution in [3.05, 3.63) is 11.4 Å². The molecule has 2 unspecified atom stereocenters. The zero-order chi connectivity index (χ0) is 13.1. The van der Waals surface area contributed by atoms with Gasteiger partial charge in [-0.3, -0.25) is 4.68 Å². The lowest BCUT2D eigenvalue weighted by atomic mass is 10.1. The fourth-order valence-electron chi connectivity index (χ4n) is 2.49. The number of hydrogen-bond donors (Lipinski definition) is 2. The predicted octanol–water partition coefficient (Wildman–Crippen LogP) is 1.22. The maximum absolute atomic E-state index is 5.48. The van der Waals surface area contributed by atoms with E-state index in [4.69, 9.17) is 4.74 Å². The van der Waals surface area contributed by atoms with Crippen LogP contribution in [0.1, 0.15) is 24.7 Å². The van der Waals surface area contributed by atoms with Gasteiger partial charge in [0.15, 0.2) is 0 Å². The third-order valence-electron chi connectivity index (χ3n) is 3.54. The Morgan fingerprint density at radius 1 is 1.56 bits per heavy atom. The molecule has 1 aliphatic rings. The zero-order valence-electron chi connectivity index (χ0n) is 11.8. The number of hydrogen-bond acceptors (Lipinski definition) is 4. The van der Waals surface area contributed by atoms with E-state index < -0.39 is 0 Å². The molecule has 0 bridgehead atoms. The molecule has 1 saturated heterocycles. The molecule has 0 saturated carbocycles. The number of anilines is 1. The van der Waals surface area contributed by atoms with Crippen LogP contribution in [0, 0.1) is 13.8 Å². The summed E-state index contributed by atoms with van der Waals surface area (Å²) in [7, 11) is 1.98. The lowest BCUT2D eigenvalue weighted by Crippen LogP contribution is -2.43. The first-order chi connectivity index (χ1) is 8.58. The van der Waals surface area contributed by atoms with Gasteiger partial charge in [-0.15, -0.1) is 0 Å². The molecule has 2 atom stereocenters. The first-order valence-corrected chi connectivity index (χ1v) is 6.65. The molecule has 0 amide bonds. The first kappa shape index (κ1) is 13.4. The molecule has 1 aromatic heterocycles. The minimum atomic E-state index is 0.408. The highest BCUT2D eigenvalue weighted by molar-refractivity contribution is 5.52. The molecule has 0 spiro atoms.